The van der Waals surface area contributed by atoms with Gasteiger partial charge >= 0.3 is 21.4 Å². The summed E-state index contributed by atoms with van der Waals surface area (Å²) in [6.45, 7) is 0. The molecule has 0 aliphatic heterocycles. The Morgan fingerprint density at radius 1 is 1.44 bits per heavy atom. The number of nitrogens with zero attached hydrogens (tertiary/aromatic N) is 2. The number of hydrogen-bond acceptors (Lipinski definition) is 6. The second-order valence-corrected chi connectivity index (χ2v) is 5.17. The molecule has 0 saturated carbocycles. The van der Waals surface area contributed by atoms with Gasteiger partial charge < -0.3 is 14.3 Å². The molecule has 12 heteroatoms. The topological polar surface area (TPSA) is 99.4 Å². The van der Waals surface area contributed by atoms with Gasteiger partial charge in [-0.1, -0.05) is 0 Å². The van der Waals surface area contributed by atoms with Crippen molar-refractivity contribution in [2.75, 3.05) is 0 Å². The van der Waals surface area contributed by atoms with Crippen LogP contribution in [0.15, 0.2) is 16.7 Å². The Kier molecular flexibility index (Phi) is 3.81. The van der Waals surface area contributed by atoms with E-state index < -0.39 is 32.1 Å². The van der Waals surface area contributed by atoms with Crippen molar-refractivity contribution in [3.8, 4) is 5.75 Å². The van der Waals surface area contributed by atoms with E-state index in [1.165, 1.54) is 0 Å². The molecule has 0 bridgehead atoms. The molecule has 0 spiro atoms. The molecule has 100 valence electrons. The lowest BCUT2D eigenvalue weighted by Gasteiger charge is -2.09. The van der Waals surface area contributed by atoms with E-state index in [4.69, 9.17) is 0 Å². The Hall–Kier alpha value is -1.43. The van der Waals surface area contributed by atoms with Crippen molar-refractivity contribution in [3.05, 3.63) is 26.9 Å². The summed E-state index contributed by atoms with van der Waals surface area (Å²) in [7, 11) is -5.99. The van der Waals surface area contributed by atoms with E-state index in [1.54, 1.807) is 0 Å². The fourth-order valence-electron chi connectivity index (χ4n) is 0.777. The largest absolute Gasteiger partial charge is 0.534 e. The molecule has 0 unspecified atom stereocenters. The van der Waals surface area contributed by atoms with Gasteiger partial charge in [-0.3, -0.25) is 0 Å². The summed E-state index contributed by atoms with van der Waals surface area (Å²) in [5.74, 6) is -2.28. The second kappa shape index (κ2) is 4.68. The van der Waals surface area contributed by atoms with Crippen LogP contribution in [0, 0.1) is 10.1 Å². The molecule has 0 N–H and O–H groups in total. The highest BCUT2D eigenvalue weighted by Crippen LogP contribution is 2.32. The third kappa shape index (κ3) is 3.07. The molecular weight excluding hydrogens is 349 g/mol. The fourth-order valence-corrected chi connectivity index (χ4v) is 1.54. The molecule has 0 radical (unpaired) electrons. The summed E-state index contributed by atoms with van der Waals surface area (Å²) in [5.41, 5.74) is -5.69. The quantitative estimate of drug-likeness (QED) is 0.357. The Morgan fingerprint density at radius 3 is 2.44 bits per heavy atom. The Labute approximate surface area is 106 Å². The molecule has 0 amide bonds. The molecule has 1 aromatic rings. The van der Waals surface area contributed by atoms with E-state index in [9.17, 15) is 31.7 Å². The first-order valence-electron chi connectivity index (χ1n) is 3.85. The standard InChI is InChI=1S/C6H2BrF3N2O5S/c7-3-1-4(5(11-2-3)12(13)14)17-18(15,16)6(8,9)10/h1-2H. The molecule has 18 heavy (non-hydrogen) atoms. The Morgan fingerprint density at radius 2 is 2.00 bits per heavy atom. The van der Waals surface area contributed by atoms with Crippen molar-refractivity contribution in [2.45, 2.75) is 5.51 Å². The van der Waals surface area contributed by atoms with Crippen LogP contribution < -0.4 is 4.18 Å². The van der Waals surface area contributed by atoms with Crippen LogP contribution in [0.5, 0.6) is 5.75 Å². The summed E-state index contributed by atoms with van der Waals surface area (Å²) < 4.78 is 61.2. The highest BCUT2D eigenvalue weighted by Gasteiger charge is 2.49. The minimum atomic E-state index is -5.99. The minimum absolute atomic E-state index is 0.0143. The van der Waals surface area contributed by atoms with Gasteiger partial charge in [0.2, 0.25) is 5.75 Å². The molecule has 0 aliphatic rings. The molecule has 1 rings (SSSR count). The van der Waals surface area contributed by atoms with E-state index in [-0.39, 0.29) is 4.47 Å². The number of pyridine rings is 1. The van der Waals surface area contributed by atoms with Crippen LogP contribution in [0.3, 0.4) is 0 Å². The Bertz CT molecular complexity index is 587. The summed E-state index contributed by atoms with van der Waals surface area (Å²) in [6, 6.07) is 0.689. The van der Waals surface area contributed by atoms with Crippen LogP contribution in [0.25, 0.3) is 0 Å². The predicted octanol–water partition coefficient (Wildman–Crippen LogP) is 1.98. The first-order valence-corrected chi connectivity index (χ1v) is 6.05. The molecule has 1 heterocycles. The zero-order chi connectivity index (χ0) is 14.1. The van der Waals surface area contributed by atoms with Gasteiger partial charge in [-0.2, -0.15) is 21.6 Å². The highest BCUT2D eigenvalue weighted by molar-refractivity contribution is 9.10. The van der Waals surface area contributed by atoms with Gasteiger partial charge in [0.25, 0.3) is 0 Å². The van der Waals surface area contributed by atoms with Gasteiger partial charge in [0.1, 0.15) is 0 Å². The summed E-state index contributed by atoms with van der Waals surface area (Å²) in [6.07, 6.45) is 0.908. The molecule has 0 fully saturated rings. The van der Waals surface area contributed by atoms with Crippen LogP contribution in [-0.4, -0.2) is 23.8 Å². The molecule has 0 aliphatic carbocycles. The minimum Gasteiger partial charge on any atom is -0.367 e. The van der Waals surface area contributed by atoms with E-state index in [0.29, 0.717) is 6.07 Å². The van der Waals surface area contributed by atoms with Crippen molar-refractivity contribution >= 4 is 31.9 Å². The van der Waals surface area contributed by atoms with Gasteiger partial charge in [0, 0.05) is 6.07 Å². The molecule has 0 aromatic carbocycles. The normalized spacial score (nSPS) is 12.2. The number of rotatable bonds is 3. The zero-order valence-corrected chi connectivity index (χ0v) is 10.4. The lowest BCUT2D eigenvalue weighted by molar-refractivity contribution is -0.390. The fraction of sp³-hybridized carbons (Fsp3) is 0.167. The zero-order valence-electron chi connectivity index (χ0n) is 8.01. The average Bonchev–Trinajstić information content (AvgIpc) is 2.14. The van der Waals surface area contributed by atoms with Gasteiger partial charge in [-0.05, 0) is 25.8 Å². The molecule has 1 aromatic heterocycles. The number of aromatic nitrogens is 1. The first-order chi connectivity index (χ1) is 8.04. The first kappa shape index (κ1) is 14.6. The lowest BCUT2D eigenvalue weighted by Crippen LogP contribution is -2.28. The van der Waals surface area contributed by atoms with Crippen molar-refractivity contribution in [3.63, 3.8) is 0 Å². The van der Waals surface area contributed by atoms with E-state index in [0.717, 1.165) is 6.20 Å². The molecule has 7 nitrogen and oxygen atoms in total. The van der Waals surface area contributed by atoms with E-state index >= 15 is 0 Å². The maximum absolute atomic E-state index is 12.0. The molecular formula is C6H2BrF3N2O5S. The van der Waals surface area contributed by atoms with Gasteiger partial charge in [0.15, 0.2) is 6.20 Å². The van der Waals surface area contributed by atoms with Gasteiger partial charge in [-0.25, -0.2) is 0 Å². The monoisotopic (exact) mass is 350 g/mol. The van der Waals surface area contributed by atoms with E-state index in [1.807, 2.05) is 0 Å². The summed E-state index contributed by atoms with van der Waals surface area (Å²) >= 11 is 2.76. The number of halogens is 4. The smallest absolute Gasteiger partial charge is 0.367 e. The summed E-state index contributed by atoms with van der Waals surface area (Å²) in [5, 5.41) is 10.4. The van der Waals surface area contributed by atoms with Crippen molar-refractivity contribution in [1.82, 2.24) is 4.98 Å². The third-order valence-electron chi connectivity index (χ3n) is 1.46. The summed E-state index contributed by atoms with van der Waals surface area (Å²) in [4.78, 5) is 12.4. The van der Waals surface area contributed by atoms with Crippen LogP contribution in [0.2, 0.25) is 0 Å². The van der Waals surface area contributed by atoms with Crippen LogP contribution >= 0.6 is 15.9 Å². The van der Waals surface area contributed by atoms with Crippen molar-refractivity contribution in [1.29, 1.82) is 0 Å². The maximum atomic E-state index is 12.0. The van der Waals surface area contributed by atoms with Gasteiger partial charge in [0.05, 0.1) is 4.47 Å². The number of hydrogen-bond donors (Lipinski definition) is 0. The average molecular weight is 351 g/mol. The van der Waals surface area contributed by atoms with Crippen molar-refractivity contribution < 1.29 is 30.7 Å². The molecule has 0 atom stereocenters. The third-order valence-corrected chi connectivity index (χ3v) is 2.86. The Balaban J connectivity index is 3.27. The number of nitro groups is 1. The maximum Gasteiger partial charge on any atom is 0.534 e. The van der Waals surface area contributed by atoms with Crippen LogP contribution in [-0.2, 0) is 10.1 Å². The van der Waals surface area contributed by atoms with Gasteiger partial charge in [-0.15, -0.1) is 0 Å². The molecule has 0 saturated heterocycles. The SMILES string of the molecule is O=[N+]([O-])c1ncc(Br)cc1OS(=O)(=O)C(F)(F)F. The predicted molar refractivity (Wildman–Crippen MR) is 54.2 cm³/mol. The lowest BCUT2D eigenvalue weighted by atomic mass is 10.4. The second-order valence-electron chi connectivity index (χ2n) is 2.72. The van der Waals surface area contributed by atoms with E-state index in [2.05, 4.69) is 25.1 Å². The highest BCUT2D eigenvalue weighted by atomic mass is 79.9. The van der Waals surface area contributed by atoms with Crippen molar-refractivity contribution in [2.24, 2.45) is 0 Å². The van der Waals surface area contributed by atoms with Crippen LogP contribution in [0.1, 0.15) is 0 Å². The number of alkyl halides is 3. The van der Waals surface area contributed by atoms with Crippen LogP contribution in [0.4, 0.5) is 19.0 Å².